The average Bonchev–Trinajstić information content (AvgIpc) is 2.83. The number of anilines is 1. The summed E-state index contributed by atoms with van der Waals surface area (Å²) in [6, 6.07) is 4.09. The van der Waals surface area contributed by atoms with Crippen molar-refractivity contribution in [2.75, 3.05) is 44.6 Å². The van der Waals surface area contributed by atoms with Gasteiger partial charge in [0.2, 0.25) is 5.91 Å². The first kappa shape index (κ1) is 17.2. The third-order valence-corrected chi connectivity index (χ3v) is 5.17. The van der Waals surface area contributed by atoms with E-state index in [1.54, 1.807) is 0 Å². The smallest absolute Gasteiger partial charge is 0.236 e. The van der Waals surface area contributed by atoms with Crippen molar-refractivity contribution in [2.45, 2.75) is 39.0 Å². The van der Waals surface area contributed by atoms with Gasteiger partial charge < -0.3 is 10.2 Å². The molecule has 0 aliphatic carbocycles. The zero-order valence-corrected chi connectivity index (χ0v) is 14.8. The van der Waals surface area contributed by atoms with Gasteiger partial charge in [-0.05, 0) is 56.3 Å². The van der Waals surface area contributed by atoms with Crippen LogP contribution < -0.4 is 5.32 Å². The summed E-state index contributed by atoms with van der Waals surface area (Å²) < 4.78 is 0. The number of likely N-dealkylation sites (tertiary alicyclic amines) is 2. The highest BCUT2D eigenvalue weighted by atomic mass is 16.2. The Kier molecular flexibility index (Phi) is 6.07. The second-order valence-electron chi connectivity index (χ2n) is 7.28. The summed E-state index contributed by atoms with van der Waals surface area (Å²) in [7, 11) is 0. The molecule has 2 aliphatic rings. The Bertz CT molecular complexity index is 540. The van der Waals surface area contributed by atoms with Crippen molar-refractivity contribution in [1.82, 2.24) is 14.8 Å². The lowest BCUT2D eigenvalue weighted by Gasteiger charge is -2.24. The van der Waals surface area contributed by atoms with Gasteiger partial charge in [0, 0.05) is 32.4 Å². The lowest BCUT2D eigenvalue weighted by molar-refractivity contribution is -0.132. The Morgan fingerprint density at radius 3 is 2.79 bits per heavy atom. The summed E-state index contributed by atoms with van der Waals surface area (Å²) >= 11 is 0. The standard InChI is InChI=1S/C19H30N4O/c1-16-6-8-20-18(12-16)21-13-17-7-11-22(14-17)15-19(24)23-9-4-2-3-5-10-23/h6,8,12,17H,2-5,7,9-11,13-15H2,1H3,(H,20,21)/t17-/m0/s1. The molecule has 5 nitrogen and oxygen atoms in total. The van der Waals surface area contributed by atoms with Gasteiger partial charge in [-0.25, -0.2) is 4.98 Å². The van der Waals surface area contributed by atoms with Gasteiger partial charge in [-0.1, -0.05) is 12.8 Å². The van der Waals surface area contributed by atoms with Crippen LogP contribution in [-0.2, 0) is 4.79 Å². The maximum Gasteiger partial charge on any atom is 0.236 e. The van der Waals surface area contributed by atoms with Gasteiger partial charge in [-0.15, -0.1) is 0 Å². The van der Waals surface area contributed by atoms with Crippen LogP contribution in [0.4, 0.5) is 5.82 Å². The fourth-order valence-corrected chi connectivity index (χ4v) is 3.72. The average molecular weight is 330 g/mol. The van der Waals surface area contributed by atoms with Crippen molar-refractivity contribution in [3.8, 4) is 0 Å². The van der Waals surface area contributed by atoms with Crippen LogP contribution in [0.5, 0.6) is 0 Å². The number of hydrogen-bond acceptors (Lipinski definition) is 4. The second-order valence-corrected chi connectivity index (χ2v) is 7.28. The van der Waals surface area contributed by atoms with E-state index in [4.69, 9.17) is 0 Å². The summed E-state index contributed by atoms with van der Waals surface area (Å²) in [5.74, 6) is 1.88. The van der Waals surface area contributed by atoms with Crippen LogP contribution in [0.2, 0.25) is 0 Å². The fraction of sp³-hybridized carbons (Fsp3) is 0.684. The van der Waals surface area contributed by atoms with Crippen molar-refractivity contribution in [3.05, 3.63) is 23.9 Å². The van der Waals surface area contributed by atoms with Crippen LogP contribution >= 0.6 is 0 Å². The van der Waals surface area contributed by atoms with Gasteiger partial charge in [-0.3, -0.25) is 9.69 Å². The molecule has 3 rings (SSSR count). The van der Waals surface area contributed by atoms with E-state index in [2.05, 4.69) is 33.1 Å². The first-order valence-electron chi connectivity index (χ1n) is 9.37. The Morgan fingerprint density at radius 2 is 2.04 bits per heavy atom. The molecule has 132 valence electrons. The van der Waals surface area contributed by atoms with Crippen molar-refractivity contribution in [2.24, 2.45) is 5.92 Å². The van der Waals surface area contributed by atoms with Crippen LogP contribution in [0.15, 0.2) is 18.3 Å². The number of amides is 1. The first-order chi connectivity index (χ1) is 11.7. The summed E-state index contributed by atoms with van der Waals surface area (Å²) in [5, 5.41) is 3.44. The molecule has 0 aromatic carbocycles. The van der Waals surface area contributed by atoms with E-state index in [0.29, 0.717) is 18.4 Å². The largest absolute Gasteiger partial charge is 0.370 e. The molecule has 3 heterocycles. The van der Waals surface area contributed by atoms with E-state index in [1.807, 2.05) is 12.3 Å². The number of nitrogens with zero attached hydrogens (tertiary/aromatic N) is 3. The minimum Gasteiger partial charge on any atom is -0.370 e. The van der Waals surface area contributed by atoms with Gasteiger partial charge in [0.05, 0.1) is 6.54 Å². The number of pyridine rings is 1. The monoisotopic (exact) mass is 330 g/mol. The SMILES string of the molecule is Cc1ccnc(NC[C@@H]2CCN(CC(=O)N3CCCCCC3)C2)c1. The highest BCUT2D eigenvalue weighted by molar-refractivity contribution is 5.78. The summed E-state index contributed by atoms with van der Waals surface area (Å²) in [4.78, 5) is 21.2. The molecular weight excluding hydrogens is 300 g/mol. The van der Waals surface area contributed by atoms with E-state index in [0.717, 1.165) is 45.0 Å². The van der Waals surface area contributed by atoms with Crippen LogP contribution in [0, 0.1) is 12.8 Å². The Morgan fingerprint density at radius 1 is 1.25 bits per heavy atom. The quantitative estimate of drug-likeness (QED) is 0.901. The number of carbonyl (C=O) groups is 1. The Hall–Kier alpha value is -1.62. The van der Waals surface area contributed by atoms with Gasteiger partial charge in [0.25, 0.3) is 0 Å². The van der Waals surface area contributed by atoms with Gasteiger partial charge in [0.15, 0.2) is 0 Å². The molecule has 0 unspecified atom stereocenters. The molecule has 1 aromatic rings. The summed E-state index contributed by atoms with van der Waals surface area (Å²) in [6.07, 6.45) is 7.89. The minimum absolute atomic E-state index is 0.325. The van der Waals surface area contributed by atoms with E-state index >= 15 is 0 Å². The molecule has 5 heteroatoms. The predicted molar refractivity (Wildman–Crippen MR) is 97.1 cm³/mol. The zero-order chi connectivity index (χ0) is 16.8. The van der Waals surface area contributed by atoms with Gasteiger partial charge in [-0.2, -0.15) is 0 Å². The summed E-state index contributed by atoms with van der Waals surface area (Å²) in [6.45, 7) is 7.57. The number of hydrogen-bond donors (Lipinski definition) is 1. The lowest BCUT2D eigenvalue weighted by Crippen LogP contribution is -2.40. The van der Waals surface area contributed by atoms with E-state index in [9.17, 15) is 4.79 Å². The third kappa shape index (κ3) is 4.94. The molecule has 1 N–H and O–H groups in total. The lowest BCUT2D eigenvalue weighted by atomic mass is 10.1. The van der Waals surface area contributed by atoms with Crippen LogP contribution in [0.1, 0.15) is 37.7 Å². The number of rotatable bonds is 5. The predicted octanol–water partition coefficient (Wildman–Crippen LogP) is 2.53. The van der Waals surface area contributed by atoms with E-state index < -0.39 is 0 Å². The fourth-order valence-electron chi connectivity index (χ4n) is 3.72. The molecular formula is C19H30N4O. The molecule has 0 spiro atoms. The van der Waals surface area contributed by atoms with E-state index in [1.165, 1.54) is 31.2 Å². The minimum atomic E-state index is 0.325. The first-order valence-corrected chi connectivity index (χ1v) is 9.37. The molecule has 1 aromatic heterocycles. The second kappa shape index (κ2) is 8.47. The number of aryl methyl sites for hydroxylation is 1. The maximum absolute atomic E-state index is 12.5. The molecule has 0 saturated carbocycles. The molecule has 1 atom stereocenters. The van der Waals surface area contributed by atoms with Gasteiger partial charge >= 0.3 is 0 Å². The highest BCUT2D eigenvalue weighted by Gasteiger charge is 2.26. The third-order valence-electron chi connectivity index (χ3n) is 5.17. The molecule has 0 bridgehead atoms. The van der Waals surface area contributed by atoms with Crippen LogP contribution in [0.3, 0.4) is 0 Å². The molecule has 2 fully saturated rings. The molecule has 2 saturated heterocycles. The van der Waals surface area contributed by atoms with Crippen molar-refractivity contribution in [3.63, 3.8) is 0 Å². The van der Waals surface area contributed by atoms with Crippen LogP contribution in [-0.4, -0.2) is 60.0 Å². The van der Waals surface area contributed by atoms with Crippen molar-refractivity contribution >= 4 is 11.7 Å². The normalized spacial score (nSPS) is 22.4. The molecule has 2 aliphatic heterocycles. The zero-order valence-electron chi connectivity index (χ0n) is 14.8. The molecule has 0 radical (unpaired) electrons. The number of carbonyl (C=O) groups excluding carboxylic acids is 1. The number of nitrogens with one attached hydrogen (secondary N) is 1. The van der Waals surface area contributed by atoms with Crippen molar-refractivity contribution in [1.29, 1.82) is 0 Å². The molecule has 1 amide bonds. The van der Waals surface area contributed by atoms with E-state index in [-0.39, 0.29) is 0 Å². The summed E-state index contributed by atoms with van der Waals surface area (Å²) in [5.41, 5.74) is 1.23. The topological polar surface area (TPSA) is 48.5 Å². The molecule has 24 heavy (non-hydrogen) atoms. The van der Waals surface area contributed by atoms with Gasteiger partial charge in [0.1, 0.15) is 5.82 Å². The Labute approximate surface area is 145 Å². The maximum atomic E-state index is 12.5. The van der Waals surface area contributed by atoms with Crippen LogP contribution in [0.25, 0.3) is 0 Å². The van der Waals surface area contributed by atoms with Crippen molar-refractivity contribution < 1.29 is 4.79 Å². The number of aromatic nitrogens is 1. The highest BCUT2D eigenvalue weighted by Crippen LogP contribution is 2.18. The Balaban J connectivity index is 1.41.